The highest BCUT2D eigenvalue weighted by molar-refractivity contribution is 7.78. The number of hydrogen-bond acceptors (Lipinski definition) is 0. The summed E-state index contributed by atoms with van der Waals surface area (Å²) in [6, 6.07) is 0. The maximum absolute atomic E-state index is 2.53. The van der Waals surface area contributed by atoms with E-state index < -0.39 is 7.26 Å². The van der Waals surface area contributed by atoms with Gasteiger partial charge in [0.25, 0.3) is 0 Å². The van der Waals surface area contributed by atoms with Crippen molar-refractivity contribution in [1.29, 1.82) is 0 Å². The minimum absolute atomic E-state index is 0.721. The lowest BCUT2D eigenvalue weighted by Gasteiger charge is -2.22. The van der Waals surface area contributed by atoms with E-state index in [1.165, 1.54) is 0 Å². The van der Waals surface area contributed by atoms with Gasteiger partial charge in [0.05, 0.1) is 19.1 Å². The molecular formula is C11H16P+. The fraction of sp³-hybridized carbons (Fsp3) is 0.455. The van der Waals surface area contributed by atoms with Crippen LogP contribution in [0.15, 0.2) is 35.7 Å². The predicted molar refractivity (Wildman–Crippen MR) is 58.1 cm³/mol. The Morgan fingerprint density at radius 3 is 2.50 bits per heavy atom. The molecule has 0 N–H and O–H groups in total. The van der Waals surface area contributed by atoms with Crippen LogP contribution in [0.2, 0.25) is 0 Å². The molecule has 0 amide bonds. The first-order valence-corrected chi connectivity index (χ1v) is 7.31. The Kier molecular flexibility index (Phi) is 1.77. The largest absolute Gasteiger partial charge is 0.102 e. The number of allylic oxidation sites excluding steroid dienone is 5. The Labute approximate surface area is 75.4 Å². The Balaban J connectivity index is 2.39. The van der Waals surface area contributed by atoms with Crippen molar-refractivity contribution >= 4 is 7.26 Å². The summed E-state index contributed by atoms with van der Waals surface area (Å²) in [6.45, 7) is 7.14. The van der Waals surface area contributed by atoms with E-state index in [9.17, 15) is 0 Å². The summed E-state index contributed by atoms with van der Waals surface area (Å²) in [5, 5.41) is 0. The molecule has 0 fully saturated rings. The van der Waals surface area contributed by atoms with E-state index in [1.807, 2.05) is 0 Å². The van der Waals surface area contributed by atoms with Crippen LogP contribution >= 0.6 is 7.26 Å². The quantitative estimate of drug-likeness (QED) is 0.500. The summed E-state index contributed by atoms with van der Waals surface area (Å²) < 4.78 is 0. The SMILES string of the molecule is CC1=C[P+](C)(C)[C@@H]2C=CC=C[C@H]12. The van der Waals surface area contributed by atoms with Gasteiger partial charge in [0.2, 0.25) is 0 Å². The zero-order chi connectivity index (χ0) is 8.77. The van der Waals surface area contributed by atoms with Crippen LogP contribution in [0.3, 0.4) is 0 Å². The van der Waals surface area contributed by atoms with E-state index in [0.29, 0.717) is 0 Å². The van der Waals surface area contributed by atoms with Crippen LogP contribution in [0.1, 0.15) is 6.92 Å². The Hall–Kier alpha value is -0.350. The molecule has 1 heterocycles. The summed E-state index contributed by atoms with van der Waals surface area (Å²) >= 11 is 0. The van der Waals surface area contributed by atoms with Gasteiger partial charge in [0, 0.05) is 13.2 Å². The maximum Gasteiger partial charge on any atom is 0.102 e. The van der Waals surface area contributed by atoms with Gasteiger partial charge in [0.15, 0.2) is 0 Å². The van der Waals surface area contributed by atoms with Gasteiger partial charge in [-0.05, 0) is 18.6 Å². The summed E-state index contributed by atoms with van der Waals surface area (Å²) in [7, 11) is -0.781. The molecule has 12 heavy (non-hydrogen) atoms. The minimum Gasteiger partial charge on any atom is -0.0730 e. The average molecular weight is 179 g/mol. The first kappa shape index (κ1) is 8.26. The van der Waals surface area contributed by atoms with E-state index >= 15 is 0 Å². The molecule has 0 aromatic rings. The lowest BCUT2D eigenvalue weighted by Crippen LogP contribution is -2.15. The molecule has 0 radical (unpaired) electrons. The van der Waals surface area contributed by atoms with E-state index in [1.54, 1.807) is 5.57 Å². The van der Waals surface area contributed by atoms with Gasteiger partial charge < -0.3 is 0 Å². The lowest BCUT2D eigenvalue weighted by molar-refractivity contribution is 0.791. The fourth-order valence-electron chi connectivity index (χ4n) is 2.35. The van der Waals surface area contributed by atoms with Gasteiger partial charge in [-0.15, -0.1) is 0 Å². The normalized spacial score (nSPS) is 36.4. The van der Waals surface area contributed by atoms with Crippen LogP contribution in [0.5, 0.6) is 0 Å². The molecule has 1 heteroatoms. The van der Waals surface area contributed by atoms with E-state index in [0.717, 1.165) is 11.6 Å². The molecule has 0 saturated carbocycles. The Morgan fingerprint density at radius 2 is 1.83 bits per heavy atom. The van der Waals surface area contributed by atoms with Crippen LogP contribution in [-0.4, -0.2) is 19.0 Å². The third-order valence-corrected chi connectivity index (χ3v) is 6.04. The molecule has 2 atom stereocenters. The van der Waals surface area contributed by atoms with E-state index in [2.05, 4.69) is 50.4 Å². The van der Waals surface area contributed by atoms with Gasteiger partial charge in [0.1, 0.15) is 5.66 Å². The van der Waals surface area contributed by atoms with Crippen LogP contribution in [0, 0.1) is 5.92 Å². The molecule has 0 unspecified atom stereocenters. The van der Waals surface area contributed by atoms with Gasteiger partial charge in [-0.25, -0.2) is 0 Å². The molecule has 1 aliphatic heterocycles. The van der Waals surface area contributed by atoms with E-state index in [-0.39, 0.29) is 0 Å². The van der Waals surface area contributed by atoms with Gasteiger partial charge >= 0.3 is 0 Å². The standard InChI is InChI=1S/C11H16P/c1-9-8-12(2,3)11-7-5-4-6-10(9)11/h4-8,10-11H,1-3H3/q+1/t10-,11-/m1/s1. The van der Waals surface area contributed by atoms with Crippen molar-refractivity contribution in [3.05, 3.63) is 35.7 Å². The molecule has 0 saturated heterocycles. The molecule has 0 aromatic heterocycles. The summed E-state index contributed by atoms with van der Waals surface area (Å²) in [5.74, 6) is 3.25. The molecule has 2 rings (SSSR count). The molecule has 0 nitrogen and oxygen atoms in total. The van der Waals surface area contributed by atoms with Crippen molar-refractivity contribution in [2.45, 2.75) is 12.6 Å². The second kappa shape index (κ2) is 2.57. The fourth-order valence-corrected chi connectivity index (χ4v) is 5.45. The van der Waals surface area contributed by atoms with Gasteiger partial charge in [-0.3, -0.25) is 0 Å². The number of fused-ring (bicyclic) bond motifs is 1. The number of hydrogen-bond donors (Lipinski definition) is 0. The van der Waals surface area contributed by atoms with Crippen LogP contribution < -0.4 is 0 Å². The average Bonchev–Trinajstić information content (AvgIpc) is 2.25. The monoisotopic (exact) mass is 179 g/mol. The Morgan fingerprint density at radius 1 is 1.17 bits per heavy atom. The minimum atomic E-state index is -0.781. The maximum atomic E-state index is 2.53. The van der Waals surface area contributed by atoms with E-state index in [4.69, 9.17) is 0 Å². The summed E-state index contributed by atoms with van der Waals surface area (Å²) in [4.78, 5) is 0. The zero-order valence-corrected chi connectivity index (χ0v) is 8.88. The van der Waals surface area contributed by atoms with Crippen molar-refractivity contribution in [2.24, 2.45) is 5.92 Å². The van der Waals surface area contributed by atoms with Crippen molar-refractivity contribution in [3.63, 3.8) is 0 Å². The molecule has 64 valence electrons. The zero-order valence-electron chi connectivity index (χ0n) is 7.99. The van der Waals surface area contributed by atoms with Crippen molar-refractivity contribution < 1.29 is 0 Å². The summed E-state index contributed by atoms with van der Waals surface area (Å²) in [5.41, 5.74) is 2.39. The van der Waals surface area contributed by atoms with Gasteiger partial charge in [-0.2, -0.15) is 0 Å². The molecule has 1 aliphatic carbocycles. The molecule has 2 aliphatic rings. The first-order chi connectivity index (χ1) is 5.61. The van der Waals surface area contributed by atoms with Crippen LogP contribution in [-0.2, 0) is 0 Å². The first-order valence-electron chi connectivity index (χ1n) is 4.49. The highest BCUT2D eigenvalue weighted by atomic mass is 31.2. The van der Waals surface area contributed by atoms with Gasteiger partial charge in [-0.1, -0.05) is 18.2 Å². The van der Waals surface area contributed by atoms with Crippen molar-refractivity contribution in [3.8, 4) is 0 Å². The second-order valence-electron chi connectivity index (χ2n) is 4.29. The lowest BCUT2D eigenvalue weighted by atomic mass is 9.94. The number of rotatable bonds is 0. The molecular weight excluding hydrogens is 163 g/mol. The molecule has 0 bridgehead atoms. The highest BCUT2D eigenvalue weighted by Gasteiger charge is 2.44. The van der Waals surface area contributed by atoms with Crippen molar-refractivity contribution in [2.75, 3.05) is 13.3 Å². The van der Waals surface area contributed by atoms with Crippen LogP contribution in [0.25, 0.3) is 0 Å². The summed E-state index contributed by atoms with van der Waals surface area (Å²) in [6.07, 6.45) is 9.13. The third-order valence-electron chi connectivity index (χ3n) is 2.94. The Bertz CT molecular complexity index is 281. The smallest absolute Gasteiger partial charge is 0.0730 e. The molecule has 0 spiro atoms. The van der Waals surface area contributed by atoms with Crippen LogP contribution in [0.4, 0.5) is 0 Å². The third kappa shape index (κ3) is 1.10. The topological polar surface area (TPSA) is 0 Å². The highest BCUT2D eigenvalue weighted by Crippen LogP contribution is 2.67. The van der Waals surface area contributed by atoms with Crippen molar-refractivity contribution in [1.82, 2.24) is 0 Å². The molecule has 0 aromatic carbocycles. The predicted octanol–water partition coefficient (Wildman–Crippen LogP) is 3.29. The second-order valence-corrected chi connectivity index (χ2v) is 8.40.